The molecule has 1 fully saturated rings. The van der Waals surface area contributed by atoms with Gasteiger partial charge in [-0.25, -0.2) is 0 Å². The van der Waals surface area contributed by atoms with Gasteiger partial charge in [0.25, 0.3) is 0 Å². The molecule has 1 atom stereocenters. The molecular formula is C12H13F3N2O. The average molecular weight is 258 g/mol. The molecule has 0 spiro atoms. The van der Waals surface area contributed by atoms with Crippen LogP contribution >= 0.6 is 0 Å². The summed E-state index contributed by atoms with van der Waals surface area (Å²) in [6.07, 6.45) is -0.593. The number of carbonyl (C=O) groups is 1. The Morgan fingerprint density at radius 3 is 2.89 bits per heavy atom. The second-order valence-corrected chi connectivity index (χ2v) is 4.34. The number of nitrogens with zero attached hydrogens (tertiary/aromatic N) is 1. The minimum absolute atomic E-state index is 0.0150. The number of nitrogens with one attached hydrogen (secondary N) is 1. The van der Waals surface area contributed by atoms with E-state index in [0.717, 1.165) is 37.8 Å². The molecule has 6 heteroatoms. The van der Waals surface area contributed by atoms with Crippen molar-refractivity contribution in [1.82, 2.24) is 10.3 Å². The lowest BCUT2D eigenvalue weighted by Gasteiger charge is -2.13. The second-order valence-electron chi connectivity index (χ2n) is 4.34. The van der Waals surface area contributed by atoms with E-state index in [-0.39, 0.29) is 18.0 Å². The first-order valence-corrected chi connectivity index (χ1v) is 5.76. The first-order valence-electron chi connectivity index (χ1n) is 5.76. The number of carbonyl (C=O) groups excluding carboxylic acids is 1. The Bertz CT molecular complexity index is 439. The van der Waals surface area contributed by atoms with Crippen molar-refractivity contribution in [3.63, 3.8) is 0 Å². The molecule has 0 radical (unpaired) electrons. The molecule has 98 valence electrons. The fraction of sp³-hybridized carbons (Fsp3) is 0.500. The molecule has 1 aromatic rings. The Labute approximate surface area is 102 Å². The minimum atomic E-state index is -4.52. The van der Waals surface area contributed by atoms with Gasteiger partial charge in [-0.2, -0.15) is 13.2 Å². The lowest BCUT2D eigenvalue weighted by molar-refractivity contribution is -0.138. The maximum atomic E-state index is 12.7. The largest absolute Gasteiger partial charge is 0.417 e. The van der Waals surface area contributed by atoms with Gasteiger partial charge in [0.15, 0.2) is 5.78 Å². The molecule has 1 aliphatic rings. The van der Waals surface area contributed by atoms with Crippen molar-refractivity contribution in [3.05, 3.63) is 29.6 Å². The van der Waals surface area contributed by atoms with Crippen LogP contribution in [-0.2, 0) is 6.18 Å². The molecule has 1 saturated heterocycles. The zero-order valence-corrected chi connectivity index (χ0v) is 9.63. The molecule has 2 rings (SSSR count). The van der Waals surface area contributed by atoms with Gasteiger partial charge in [-0.3, -0.25) is 9.78 Å². The molecule has 3 nitrogen and oxygen atoms in total. The van der Waals surface area contributed by atoms with E-state index in [0.29, 0.717) is 0 Å². The van der Waals surface area contributed by atoms with E-state index < -0.39 is 17.5 Å². The summed E-state index contributed by atoms with van der Waals surface area (Å²) in [5.74, 6) is -0.505. The van der Waals surface area contributed by atoms with Gasteiger partial charge in [-0.05, 0) is 25.5 Å². The van der Waals surface area contributed by atoms with Crippen LogP contribution in [0.3, 0.4) is 0 Å². The zero-order valence-electron chi connectivity index (χ0n) is 9.63. The third-order valence-electron chi connectivity index (χ3n) is 3.02. The Hall–Kier alpha value is -1.43. The fourth-order valence-electron chi connectivity index (χ4n) is 2.13. The molecular weight excluding hydrogens is 245 g/mol. The lowest BCUT2D eigenvalue weighted by Crippen LogP contribution is -2.25. The quantitative estimate of drug-likeness (QED) is 0.847. The van der Waals surface area contributed by atoms with Crippen LogP contribution in [-0.4, -0.2) is 23.4 Å². The maximum Gasteiger partial charge on any atom is 0.417 e. The van der Waals surface area contributed by atoms with Crippen LogP contribution in [0.25, 0.3) is 0 Å². The van der Waals surface area contributed by atoms with Crippen molar-refractivity contribution in [2.24, 2.45) is 0 Å². The molecule has 2 heterocycles. The Kier molecular flexibility index (Phi) is 3.65. The molecule has 1 N–H and O–H groups in total. The molecule has 1 unspecified atom stereocenters. The number of hydrogen-bond donors (Lipinski definition) is 1. The van der Waals surface area contributed by atoms with Crippen molar-refractivity contribution in [2.45, 2.75) is 31.5 Å². The summed E-state index contributed by atoms with van der Waals surface area (Å²) in [6.45, 7) is 0.817. The summed E-state index contributed by atoms with van der Waals surface area (Å²) in [5.41, 5.74) is -1.24. The van der Waals surface area contributed by atoms with Crippen LogP contribution in [0.5, 0.6) is 0 Å². The smallest absolute Gasteiger partial charge is 0.314 e. The average Bonchev–Trinajstić information content (AvgIpc) is 2.80. The lowest BCUT2D eigenvalue weighted by atomic mass is 10.00. The van der Waals surface area contributed by atoms with E-state index in [2.05, 4.69) is 10.3 Å². The van der Waals surface area contributed by atoms with Crippen LogP contribution in [0.4, 0.5) is 13.2 Å². The summed E-state index contributed by atoms with van der Waals surface area (Å²) >= 11 is 0. The van der Waals surface area contributed by atoms with Crippen LogP contribution in [0.1, 0.15) is 35.2 Å². The van der Waals surface area contributed by atoms with Crippen LogP contribution < -0.4 is 5.32 Å². The van der Waals surface area contributed by atoms with Gasteiger partial charge in [0.2, 0.25) is 0 Å². The number of ketones is 1. The summed E-state index contributed by atoms with van der Waals surface area (Å²) in [4.78, 5) is 15.5. The monoisotopic (exact) mass is 258 g/mol. The Morgan fingerprint density at radius 1 is 1.50 bits per heavy atom. The zero-order chi connectivity index (χ0) is 13.2. The minimum Gasteiger partial charge on any atom is -0.314 e. The molecule has 18 heavy (non-hydrogen) atoms. The first-order chi connectivity index (χ1) is 8.48. The highest BCUT2D eigenvalue weighted by atomic mass is 19.4. The normalized spacial score (nSPS) is 20.1. The highest BCUT2D eigenvalue weighted by Crippen LogP contribution is 2.32. The number of aromatic nitrogens is 1. The summed E-state index contributed by atoms with van der Waals surface area (Å²) in [6, 6.07) is 0.828. The standard InChI is InChI=1S/C12H13F3N2O/c13-12(14,15)10-3-5-16-7-9(10)11(18)6-8-2-1-4-17-8/h3,5,7-8,17H,1-2,4,6H2. The molecule has 0 aromatic carbocycles. The molecule has 1 aliphatic heterocycles. The second kappa shape index (κ2) is 5.06. The van der Waals surface area contributed by atoms with Crippen LogP contribution in [0.2, 0.25) is 0 Å². The highest BCUT2D eigenvalue weighted by Gasteiger charge is 2.35. The summed E-state index contributed by atoms with van der Waals surface area (Å²) < 4.78 is 38.2. The van der Waals surface area contributed by atoms with Gasteiger partial charge in [0, 0.05) is 30.4 Å². The van der Waals surface area contributed by atoms with Gasteiger partial charge >= 0.3 is 6.18 Å². The van der Waals surface area contributed by atoms with E-state index in [1.54, 1.807) is 0 Å². The van der Waals surface area contributed by atoms with E-state index >= 15 is 0 Å². The number of alkyl halides is 3. The number of pyridine rings is 1. The fourth-order valence-corrected chi connectivity index (χ4v) is 2.13. The van der Waals surface area contributed by atoms with E-state index in [9.17, 15) is 18.0 Å². The summed E-state index contributed by atoms with van der Waals surface area (Å²) in [7, 11) is 0. The van der Waals surface area contributed by atoms with Crippen molar-refractivity contribution in [2.75, 3.05) is 6.54 Å². The third kappa shape index (κ3) is 2.87. The van der Waals surface area contributed by atoms with Crippen molar-refractivity contribution in [1.29, 1.82) is 0 Å². The molecule has 0 amide bonds. The predicted octanol–water partition coefficient (Wildman–Crippen LogP) is 2.43. The molecule has 0 aliphatic carbocycles. The van der Waals surface area contributed by atoms with Gasteiger partial charge in [-0.15, -0.1) is 0 Å². The van der Waals surface area contributed by atoms with Gasteiger partial charge in [0.1, 0.15) is 0 Å². The Balaban J connectivity index is 2.19. The molecule has 0 bridgehead atoms. The van der Waals surface area contributed by atoms with Crippen molar-refractivity contribution in [3.8, 4) is 0 Å². The molecule has 1 aromatic heterocycles. The van der Waals surface area contributed by atoms with Crippen molar-refractivity contribution >= 4 is 5.78 Å². The van der Waals surface area contributed by atoms with Gasteiger partial charge in [-0.1, -0.05) is 0 Å². The third-order valence-corrected chi connectivity index (χ3v) is 3.02. The number of hydrogen-bond acceptors (Lipinski definition) is 3. The maximum absolute atomic E-state index is 12.7. The highest BCUT2D eigenvalue weighted by molar-refractivity contribution is 5.97. The summed E-state index contributed by atoms with van der Waals surface area (Å²) in [5, 5.41) is 3.09. The predicted molar refractivity (Wildman–Crippen MR) is 59.2 cm³/mol. The van der Waals surface area contributed by atoms with Gasteiger partial charge in [0.05, 0.1) is 5.56 Å². The Morgan fingerprint density at radius 2 is 2.28 bits per heavy atom. The van der Waals surface area contributed by atoms with E-state index in [1.807, 2.05) is 0 Å². The number of rotatable bonds is 3. The van der Waals surface area contributed by atoms with Crippen LogP contribution in [0.15, 0.2) is 18.5 Å². The SMILES string of the molecule is O=C(CC1CCCN1)c1cnccc1C(F)(F)F. The topological polar surface area (TPSA) is 42.0 Å². The first kappa shape index (κ1) is 13.0. The number of Topliss-reactive ketones (excluding diaryl/α,β-unsaturated/α-hetero) is 1. The number of halogens is 3. The van der Waals surface area contributed by atoms with E-state index in [4.69, 9.17) is 0 Å². The van der Waals surface area contributed by atoms with Crippen molar-refractivity contribution < 1.29 is 18.0 Å². The molecule has 0 saturated carbocycles. The van der Waals surface area contributed by atoms with Crippen LogP contribution in [0, 0.1) is 0 Å². The van der Waals surface area contributed by atoms with Gasteiger partial charge < -0.3 is 5.32 Å². The van der Waals surface area contributed by atoms with E-state index in [1.165, 1.54) is 0 Å².